The molecular formula is C19H17N3O3. The second kappa shape index (κ2) is 6.05. The first kappa shape index (κ1) is 15.4. The molecule has 0 spiro atoms. The van der Waals surface area contributed by atoms with E-state index in [4.69, 9.17) is 4.74 Å². The third-order valence-electron chi connectivity index (χ3n) is 4.32. The van der Waals surface area contributed by atoms with E-state index in [9.17, 15) is 9.59 Å². The molecule has 0 radical (unpaired) electrons. The fourth-order valence-electron chi connectivity index (χ4n) is 3.09. The van der Waals surface area contributed by atoms with Gasteiger partial charge in [0, 0.05) is 0 Å². The average Bonchev–Trinajstić information content (AvgIpc) is 2.63. The van der Waals surface area contributed by atoms with Crippen LogP contribution in [-0.2, 0) is 11.3 Å². The van der Waals surface area contributed by atoms with Gasteiger partial charge in [-0.2, -0.15) is 0 Å². The molecule has 6 nitrogen and oxygen atoms in total. The summed E-state index contributed by atoms with van der Waals surface area (Å²) in [5.74, 6) is 0.547. The molecule has 2 aromatic carbocycles. The summed E-state index contributed by atoms with van der Waals surface area (Å²) in [4.78, 5) is 31.0. The summed E-state index contributed by atoms with van der Waals surface area (Å²) < 4.78 is 7.10. The number of benzene rings is 2. The zero-order valence-corrected chi connectivity index (χ0v) is 13.8. The minimum Gasteiger partial charge on any atom is -0.490 e. The van der Waals surface area contributed by atoms with Gasteiger partial charge in [0.1, 0.15) is 18.9 Å². The molecule has 0 N–H and O–H groups in total. The van der Waals surface area contributed by atoms with Gasteiger partial charge in [-0.25, -0.2) is 4.98 Å². The predicted molar refractivity (Wildman–Crippen MR) is 95.0 cm³/mol. The molecular weight excluding hydrogens is 318 g/mol. The van der Waals surface area contributed by atoms with Gasteiger partial charge >= 0.3 is 0 Å². The van der Waals surface area contributed by atoms with E-state index in [0.717, 1.165) is 11.3 Å². The number of hydrogen-bond acceptors (Lipinski definition) is 4. The van der Waals surface area contributed by atoms with Crippen LogP contribution in [0.15, 0.2) is 53.5 Å². The van der Waals surface area contributed by atoms with E-state index in [1.54, 1.807) is 11.0 Å². The van der Waals surface area contributed by atoms with Crippen LogP contribution in [0.3, 0.4) is 0 Å². The Balaban J connectivity index is 1.72. The molecule has 126 valence electrons. The number of carbonyl (C=O) groups excluding carboxylic acids is 1. The first-order chi connectivity index (χ1) is 12.1. The smallest absolute Gasteiger partial charge is 0.269 e. The van der Waals surface area contributed by atoms with Crippen molar-refractivity contribution < 1.29 is 9.53 Å². The van der Waals surface area contributed by atoms with Gasteiger partial charge in [0.2, 0.25) is 5.91 Å². The standard InChI is InChI=1S/C19H17N3O3/c1-13-6-7-17-16(10-13)21(8-9-25-17)19(24)12-22-15-5-3-2-4-14(15)20-11-18(22)23/h2-7,10-11H,8-9,12H2,1H3. The Morgan fingerprint density at radius 1 is 1.24 bits per heavy atom. The highest BCUT2D eigenvalue weighted by Crippen LogP contribution is 2.32. The SMILES string of the molecule is Cc1ccc2c(c1)N(C(=O)Cn1c(=O)cnc3ccccc31)CCO2. The van der Waals surface area contributed by atoms with Crippen molar-refractivity contribution in [1.29, 1.82) is 0 Å². The van der Waals surface area contributed by atoms with Crippen LogP contribution in [0.2, 0.25) is 0 Å². The molecule has 0 bridgehead atoms. The molecule has 0 saturated heterocycles. The van der Waals surface area contributed by atoms with Crippen LogP contribution in [0.5, 0.6) is 5.75 Å². The molecule has 1 aromatic heterocycles. The lowest BCUT2D eigenvalue weighted by molar-refractivity contribution is -0.119. The molecule has 0 fully saturated rings. The molecule has 0 aliphatic carbocycles. The maximum Gasteiger partial charge on any atom is 0.269 e. The van der Waals surface area contributed by atoms with Crippen molar-refractivity contribution in [2.75, 3.05) is 18.1 Å². The minimum absolute atomic E-state index is 0.0325. The first-order valence-corrected chi connectivity index (χ1v) is 8.12. The Kier molecular flexibility index (Phi) is 3.72. The summed E-state index contributed by atoms with van der Waals surface area (Å²) in [5.41, 5.74) is 2.86. The van der Waals surface area contributed by atoms with Crippen LogP contribution in [0, 0.1) is 6.92 Å². The minimum atomic E-state index is -0.287. The largest absolute Gasteiger partial charge is 0.490 e. The van der Waals surface area contributed by atoms with Crippen LogP contribution < -0.4 is 15.2 Å². The molecule has 2 heterocycles. The Morgan fingerprint density at radius 3 is 2.96 bits per heavy atom. The van der Waals surface area contributed by atoms with Crippen molar-refractivity contribution in [3.63, 3.8) is 0 Å². The molecule has 1 aliphatic heterocycles. The van der Waals surface area contributed by atoms with E-state index in [-0.39, 0.29) is 18.0 Å². The number of nitrogens with zero attached hydrogens (tertiary/aromatic N) is 3. The molecule has 1 amide bonds. The summed E-state index contributed by atoms with van der Waals surface area (Å²) in [6.45, 7) is 2.84. The second-order valence-corrected chi connectivity index (χ2v) is 6.04. The van der Waals surface area contributed by atoms with E-state index in [1.165, 1.54) is 10.8 Å². The van der Waals surface area contributed by atoms with E-state index in [2.05, 4.69) is 4.98 Å². The number of aryl methyl sites for hydroxylation is 1. The summed E-state index contributed by atoms with van der Waals surface area (Å²) in [6, 6.07) is 13.1. The van der Waals surface area contributed by atoms with Crippen LogP contribution in [0.25, 0.3) is 11.0 Å². The maximum atomic E-state index is 12.9. The van der Waals surface area contributed by atoms with E-state index in [0.29, 0.717) is 29.9 Å². The number of para-hydroxylation sites is 2. The lowest BCUT2D eigenvalue weighted by Crippen LogP contribution is -2.41. The number of fused-ring (bicyclic) bond motifs is 2. The van der Waals surface area contributed by atoms with E-state index >= 15 is 0 Å². The van der Waals surface area contributed by atoms with Gasteiger partial charge in [-0.05, 0) is 36.8 Å². The van der Waals surface area contributed by atoms with Crippen molar-refractivity contribution in [1.82, 2.24) is 9.55 Å². The molecule has 3 aromatic rings. The lowest BCUT2D eigenvalue weighted by Gasteiger charge is -2.30. The van der Waals surface area contributed by atoms with Crippen molar-refractivity contribution in [3.8, 4) is 5.75 Å². The molecule has 4 rings (SSSR count). The van der Waals surface area contributed by atoms with Gasteiger partial charge in [-0.3, -0.25) is 14.2 Å². The average molecular weight is 335 g/mol. The molecule has 0 unspecified atom stereocenters. The quantitative estimate of drug-likeness (QED) is 0.720. The van der Waals surface area contributed by atoms with Crippen molar-refractivity contribution in [2.24, 2.45) is 0 Å². The third-order valence-corrected chi connectivity index (χ3v) is 4.32. The topological polar surface area (TPSA) is 64.4 Å². The molecule has 0 atom stereocenters. The van der Waals surface area contributed by atoms with E-state index < -0.39 is 0 Å². The van der Waals surface area contributed by atoms with Crippen molar-refractivity contribution in [3.05, 3.63) is 64.6 Å². The number of carbonyl (C=O) groups is 1. The number of amides is 1. The molecule has 6 heteroatoms. The monoisotopic (exact) mass is 335 g/mol. The Bertz CT molecular complexity index is 1030. The summed E-state index contributed by atoms with van der Waals surface area (Å²) in [7, 11) is 0. The zero-order valence-electron chi connectivity index (χ0n) is 13.8. The molecule has 1 aliphatic rings. The second-order valence-electron chi connectivity index (χ2n) is 6.04. The third kappa shape index (κ3) is 2.76. The summed E-state index contributed by atoms with van der Waals surface area (Å²) >= 11 is 0. The van der Waals surface area contributed by atoms with Crippen LogP contribution in [0.4, 0.5) is 5.69 Å². The Morgan fingerprint density at radius 2 is 2.08 bits per heavy atom. The Hall–Kier alpha value is -3.15. The first-order valence-electron chi connectivity index (χ1n) is 8.12. The van der Waals surface area contributed by atoms with Crippen LogP contribution in [-0.4, -0.2) is 28.6 Å². The fourth-order valence-corrected chi connectivity index (χ4v) is 3.09. The number of aromatic nitrogens is 2. The van der Waals surface area contributed by atoms with Crippen molar-refractivity contribution in [2.45, 2.75) is 13.5 Å². The predicted octanol–water partition coefficient (Wildman–Crippen LogP) is 2.13. The number of rotatable bonds is 2. The van der Waals surface area contributed by atoms with Gasteiger partial charge in [0.05, 0.1) is 29.5 Å². The van der Waals surface area contributed by atoms with Crippen LogP contribution in [0.1, 0.15) is 5.56 Å². The fraction of sp³-hybridized carbons (Fsp3) is 0.211. The van der Waals surface area contributed by atoms with Gasteiger partial charge in [-0.15, -0.1) is 0 Å². The zero-order chi connectivity index (χ0) is 17.4. The van der Waals surface area contributed by atoms with Crippen LogP contribution >= 0.6 is 0 Å². The number of ether oxygens (including phenoxy) is 1. The Labute approximate surface area is 144 Å². The highest BCUT2D eigenvalue weighted by molar-refractivity contribution is 5.96. The summed E-state index contributed by atoms with van der Waals surface area (Å²) in [5, 5.41) is 0. The van der Waals surface area contributed by atoms with E-state index in [1.807, 2.05) is 43.3 Å². The molecule has 25 heavy (non-hydrogen) atoms. The number of anilines is 1. The van der Waals surface area contributed by atoms with Gasteiger partial charge in [0.15, 0.2) is 0 Å². The van der Waals surface area contributed by atoms with Crippen molar-refractivity contribution >= 4 is 22.6 Å². The lowest BCUT2D eigenvalue weighted by atomic mass is 10.1. The summed E-state index contributed by atoms with van der Waals surface area (Å²) in [6.07, 6.45) is 1.26. The van der Waals surface area contributed by atoms with Gasteiger partial charge < -0.3 is 9.64 Å². The highest BCUT2D eigenvalue weighted by atomic mass is 16.5. The highest BCUT2D eigenvalue weighted by Gasteiger charge is 2.24. The van der Waals surface area contributed by atoms with Gasteiger partial charge in [-0.1, -0.05) is 18.2 Å². The maximum absolute atomic E-state index is 12.9. The molecule has 0 saturated carbocycles. The normalized spacial score (nSPS) is 13.4. The van der Waals surface area contributed by atoms with Gasteiger partial charge in [0.25, 0.3) is 5.56 Å². The number of hydrogen-bond donors (Lipinski definition) is 0.